The molecule has 130 valence electrons. The van der Waals surface area contributed by atoms with E-state index in [1.165, 1.54) is 19.4 Å². The molecule has 2 rings (SSSR count). The van der Waals surface area contributed by atoms with E-state index in [2.05, 4.69) is 45.7 Å². The van der Waals surface area contributed by atoms with Crippen LogP contribution in [0.2, 0.25) is 0 Å². The summed E-state index contributed by atoms with van der Waals surface area (Å²) in [5.74, 6) is 7.01. The van der Waals surface area contributed by atoms with Crippen molar-refractivity contribution < 1.29 is 0 Å². The predicted octanol–water partition coefficient (Wildman–Crippen LogP) is 4.43. The number of anilines is 1. The highest BCUT2D eigenvalue weighted by Gasteiger charge is 2.17. The lowest BCUT2D eigenvalue weighted by Gasteiger charge is -2.35. The van der Waals surface area contributed by atoms with E-state index in [4.69, 9.17) is 0 Å². The molecule has 0 unspecified atom stereocenters. The normalized spacial score (nSPS) is 13.7. The largest absolute Gasteiger partial charge is 0.354 e. The van der Waals surface area contributed by atoms with Crippen LogP contribution in [0.3, 0.4) is 0 Å². The Balaban J connectivity index is 0.00000112. The number of unbranched alkanes of at least 4 members (excludes halogenated alkanes) is 1. The van der Waals surface area contributed by atoms with Crippen molar-refractivity contribution in [3.63, 3.8) is 0 Å². The van der Waals surface area contributed by atoms with Gasteiger partial charge in [-0.1, -0.05) is 47.0 Å². The fraction of sp³-hybridized carbons (Fsp3) is 0.650. The molecule has 0 spiro atoms. The average Bonchev–Trinajstić information content (AvgIpc) is 2.65. The Hall–Kier alpha value is -1.53. The number of pyridine rings is 1. The van der Waals surface area contributed by atoms with Crippen molar-refractivity contribution in [2.24, 2.45) is 0 Å². The zero-order valence-corrected chi connectivity index (χ0v) is 16.0. The van der Waals surface area contributed by atoms with Crippen LogP contribution in [0.15, 0.2) is 18.3 Å². The molecule has 3 nitrogen and oxygen atoms in total. The van der Waals surface area contributed by atoms with E-state index in [1.807, 2.05) is 40.8 Å². The molecule has 1 aromatic rings. The van der Waals surface area contributed by atoms with E-state index in [1.54, 1.807) is 0 Å². The van der Waals surface area contributed by atoms with Gasteiger partial charge in [0.25, 0.3) is 0 Å². The molecular weight excluding hydrogens is 282 g/mol. The van der Waals surface area contributed by atoms with Gasteiger partial charge in [-0.15, -0.1) is 5.92 Å². The zero-order valence-electron chi connectivity index (χ0n) is 16.0. The quantitative estimate of drug-likeness (QED) is 0.766. The van der Waals surface area contributed by atoms with Gasteiger partial charge in [0.05, 0.1) is 0 Å². The maximum Gasteiger partial charge on any atom is 0.128 e. The summed E-state index contributed by atoms with van der Waals surface area (Å²) < 4.78 is 0. The highest BCUT2D eigenvalue weighted by atomic mass is 15.3. The van der Waals surface area contributed by atoms with Gasteiger partial charge in [-0.05, 0) is 32.0 Å². The van der Waals surface area contributed by atoms with Gasteiger partial charge in [0.2, 0.25) is 0 Å². The van der Waals surface area contributed by atoms with E-state index in [0.717, 1.165) is 37.6 Å². The molecule has 1 aromatic heterocycles. The molecule has 0 atom stereocenters. The van der Waals surface area contributed by atoms with Crippen molar-refractivity contribution in [1.82, 2.24) is 9.88 Å². The number of aromatic nitrogens is 1. The lowest BCUT2D eigenvalue weighted by Crippen LogP contribution is -2.46. The van der Waals surface area contributed by atoms with Gasteiger partial charge in [-0.2, -0.15) is 0 Å². The smallest absolute Gasteiger partial charge is 0.128 e. The van der Waals surface area contributed by atoms with E-state index in [-0.39, 0.29) is 0 Å². The summed E-state index contributed by atoms with van der Waals surface area (Å²) in [4.78, 5) is 9.43. The van der Waals surface area contributed by atoms with Gasteiger partial charge in [0.1, 0.15) is 5.82 Å². The first-order valence-corrected chi connectivity index (χ1v) is 9.19. The van der Waals surface area contributed by atoms with Crippen LogP contribution in [0.25, 0.3) is 0 Å². The summed E-state index contributed by atoms with van der Waals surface area (Å²) >= 11 is 0. The van der Waals surface area contributed by atoms with Gasteiger partial charge >= 0.3 is 0 Å². The molecule has 0 aliphatic carbocycles. The van der Waals surface area contributed by atoms with E-state index in [9.17, 15) is 0 Å². The molecule has 0 radical (unpaired) electrons. The first-order valence-electron chi connectivity index (χ1n) is 9.19. The number of nitrogens with zero attached hydrogens (tertiary/aromatic N) is 3. The molecule has 23 heavy (non-hydrogen) atoms. The van der Waals surface area contributed by atoms with Crippen molar-refractivity contribution in [1.29, 1.82) is 0 Å². The standard InChI is InChI=1S/C16H23N3.2C2H6/c1-3-5-9-18-10-12-19(13-11-18)16-8-7-15(6-4-2)14-17-16;2*1-2/h7-8,14H,3,5,9-13H2,1-2H3;2*1-2H3. The van der Waals surface area contributed by atoms with Gasteiger partial charge in [-0.3, -0.25) is 4.90 Å². The SMILES string of the molecule is CC.CC.CC#Cc1ccc(N2CCN(CCCC)CC2)nc1. The summed E-state index contributed by atoms with van der Waals surface area (Å²) in [6.45, 7) is 17.8. The Morgan fingerprint density at radius 3 is 2.17 bits per heavy atom. The lowest BCUT2D eigenvalue weighted by molar-refractivity contribution is 0.253. The molecule has 1 aliphatic heterocycles. The van der Waals surface area contributed by atoms with E-state index < -0.39 is 0 Å². The first-order chi connectivity index (χ1) is 11.3. The number of hydrogen-bond acceptors (Lipinski definition) is 3. The summed E-state index contributed by atoms with van der Waals surface area (Å²) in [7, 11) is 0. The molecule has 1 aliphatic rings. The molecule has 3 heteroatoms. The number of hydrogen-bond donors (Lipinski definition) is 0. The van der Waals surface area contributed by atoms with Crippen molar-refractivity contribution in [3.8, 4) is 11.8 Å². The summed E-state index contributed by atoms with van der Waals surface area (Å²) in [5.41, 5.74) is 0.993. The Kier molecular flexibility index (Phi) is 13.2. The van der Waals surface area contributed by atoms with Crippen molar-refractivity contribution in [2.45, 2.75) is 54.4 Å². The van der Waals surface area contributed by atoms with Crippen LogP contribution in [0, 0.1) is 11.8 Å². The molecule has 1 fully saturated rings. The molecule has 0 saturated carbocycles. The zero-order chi connectivity index (χ0) is 17.5. The van der Waals surface area contributed by atoms with Gasteiger partial charge < -0.3 is 4.90 Å². The van der Waals surface area contributed by atoms with Crippen molar-refractivity contribution in [2.75, 3.05) is 37.6 Å². The van der Waals surface area contributed by atoms with Crippen LogP contribution in [-0.4, -0.2) is 42.6 Å². The predicted molar refractivity (Wildman–Crippen MR) is 103 cm³/mol. The average molecular weight is 318 g/mol. The third-order valence-electron chi connectivity index (χ3n) is 3.54. The van der Waals surface area contributed by atoms with Gasteiger partial charge in [0.15, 0.2) is 0 Å². The Morgan fingerprint density at radius 2 is 1.70 bits per heavy atom. The minimum atomic E-state index is 0.993. The van der Waals surface area contributed by atoms with Crippen molar-refractivity contribution in [3.05, 3.63) is 23.9 Å². The molecule has 1 saturated heterocycles. The van der Waals surface area contributed by atoms with E-state index >= 15 is 0 Å². The highest BCUT2D eigenvalue weighted by molar-refractivity contribution is 5.43. The van der Waals surface area contributed by atoms with Crippen LogP contribution in [0.1, 0.15) is 59.9 Å². The highest BCUT2D eigenvalue weighted by Crippen LogP contribution is 2.14. The number of rotatable bonds is 4. The van der Waals surface area contributed by atoms with Crippen LogP contribution >= 0.6 is 0 Å². The van der Waals surface area contributed by atoms with Gasteiger partial charge in [0, 0.05) is 37.9 Å². The number of piperazine rings is 1. The minimum absolute atomic E-state index is 0.993. The third-order valence-corrected chi connectivity index (χ3v) is 3.54. The topological polar surface area (TPSA) is 19.4 Å². The van der Waals surface area contributed by atoms with E-state index in [0.29, 0.717) is 0 Å². The summed E-state index contributed by atoms with van der Waals surface area (Å²) in [6, 6.07) is 4.14. The molecule has 0 aromatic carbocycles. The Labute approximate surface area is 144 Å². The van der Waals surface area contributed by atoms with Crippen LogP contribution < -0.4 is 4.90 Å². The van der Waals surface area contributed by atoms with Crippen molar-refractivity contribution >= 4 is 5.82 Å². The first kappa shape index (κ1) is 21.5. The van der Waals surface area contributed by atoms with Crippen LogP contribution in [0.4, 0.5) is 5.82 Å². The Bertz CT molecular complexity index is 434. The fourth-order valence-electron chi connectivity index (χ4n) is 2.37. The third kappa shape index (κ3) is 8.04. The molecule has 0 bridgehead atoms. The molecule has 0 N–H and O–H groups in total. The molecular formula is C20H35N3. The van der Waals surface area contributed by atoms with Gasteiger partial charge in [-0.25, -0.2) is 4.98 Å². The summed E-state index contributed by atoms with van der Waals surface area (Å²) in [5, 5.41) is 0. The maximum absolute atomic E-state index is 4.51. The van der Waals surface area contributed by atoms with Crippen LogP contribution in [0.5, 0.6) is 0 Å². The second-order valence-electron chi connectivity index (χ2n) is 4.96. The minimum Gasteiger partial charge on any atom is -0.354 e. The Morgan fingerprint density at radius 1 is 1.04 bits per heavy atom. The monoisotopic (exact) mass is 317 g/mol. The van der Waals surface area contributed by atoms with Crippen LogP contribution in [-0.2, 0) is 0 Å². The molecule has 2 heterocycles. The maximum atomic E-state index is 4.51. The summed E-state index contributed by atoms with van der Waals surface area (Å²) in [6.07, 6.45) is 4.46. The second-order valence-corrected chi connectivity index (χ2v) is 4.96. The second kappa shape index (κ2) is 14.1. The fourth-order valence-corrected chi connectivity index (χ4v) is 2.37. The molecule has 0 amide bonds. The lowest BCUT2D eigenvalue weighted by atomic mass is 10.2.